The van der Waals surface area contributed by atoms with E-state index in [4.69, 9.17) is 5.73 Å². The second-order valence-corrected chi connectivity index (χ2v) is 5.35. The molecule has 1 amide bonds. The maximum absolute atomic E-state index is 13.8. The van der Waals surface area contributed by atoms with E-state index in [0.717, 1.165) is 25.9 Å². The predicted molar refractivity (Wildman–Crippen MR) is 78.0 cm³/mol. The highest BCUT2D eigenvalue weighted by atomic mass is 19.1. The third-order valence-corrected chi connectivity index (χ3v) is 3.96. The van der Waals surface area contributed by atoms with E-state index in [1.165, 1.54) is 12.1 Å². The van der Waals surface area contributed by atoms with Crippen molar-refractivity contribution in [3.8, 4) is 0 Å². The van der Waals surface area contributed by atoms with Gasteiger partial charge in [0.2, 0.25) is 0 Å². The second-order valence-electron chi connectivity index (χ2n) is 5.35. The summed E-state index contributed by atoms with van der Waals surface area (Å²) in [5, 5.41) is 0. The van der Waals surface area contributed by atoms with Crippen molar-refractivity contribution in [2.75, 3.05) is 32.4 Å². The van der Waals surface area contributed by atoms with Gasteiger partial charge >= 0.3 is 0 Å². The van der Waals surface area contributed by atoms with Crippen LogP contribution in [0.5, 0.6) is 0 Å². The number of hydrogen-bond donors (Lipinski definition) is 1. The van der Waals surface area contributed by atoms with Crippen LogP contribution in [0.25, 0.3) is 0 Å². The van der Waals surface area contributed by atoms with E-state index in [-0.39, 0.29) is 11.5 Å². The molecule has 1 aromatic carbocycles. The number of rotatable bonds is 4. The van der Waals surface area contributed by atoms with Crippen molar-refractivity contribution in [1.29, 1.82) is 0 Å². The molecule has 0 aliphatic carbocycles. The van der Waals surface area contributed by atoms with Crippen LogP contribution in [0, 0.1) is 5.82 Å². The van der Waals surface area contributed by atoms with Crippen molar-refractivity contribution in [1.82, 2.24) is 9.80 Å². The number of likely N-dealkylation sites (tertiary alicyclic amines) is 1. The highest BCUT2D eigenvalue weighted by Gasteiger charge is 2.26. The molecule has 0 spiro atoms. The average Bonchev–Trinajstić information content (AvgIpc) is 2.85. The second kappa shape index (κ2) is 6.22. The third kappa shape index (κ3) is 3.10. The predicted octanol–water partition coefficient (Wildman–Crippen LogP) is 1.96. The lowest BCUT2D eigenvalue weighted by Gasteiger charge is -2.27. The summed E-state index contributed by atoms with van der Waals surface area (Å²) in [7, 11) is 1.73. The number of halogens is 1. The number of anilines is 1. The molecule has 1 saturated heterocycles. The molecule has 1 aliphatic rings. The molecule has 20 heavy (non-hydrogen) atoms. The molecule has 2 rings (SSSR count). The summed E-state index contributed by atoms with van der Waals surface area (Å²) in [4.78, 5) is 16.3. The quantitative estimate of drug-likeness (QED) is 0.857. The van der Waals surface area contributed by atoms with Gasteiger partial charge in [-0.25, -0.2) is 4.39 Å². The fraction of sp³-hybridized carbons (Fsp3) is 0.533. The summed E-state index contributed by atoms with van der Waals surface area (Å²) in [5.41, 5.74) is 5.91. The van der Waals surface area contributed by atoms with Crippen LogP contribution in [-0.2, 0) is 0 Å². The zero-order valence-electron chi connectivity index (χ0n) is 12.1. The Kier molecular flexibility index (Phi) is 4.60. The fourth-order valence-electron chi connectivity index (χ4n) is 2.83. The normalized spacial score (nSPS) is 19.2. The van der Waals surface area contributed by atoms with Gasteiger partial charge in [-0.05, 0) is 44.1 Å². The van der Waals surface area contributed by atoms with Crippen molar-refractivity contribution < 1.29 is 9.18 Å². The van der Waals surface area contributed by atoms with Crippen LogP contribution in [0.3, 0.4) is 0 Å². The van der Waals surface area contributed by atoms with Crippen LogP contribution >= 0.6 is 0 Å². The summed E-state index contributed by atoms with van der Waals surface area (Å²) in [5.74, 6) is -0.842. The summed E-state index contributed by atoms with van der Waals surface area (Å²) in [6.07, 6.45) is 2.26. The molecule has 1 fully saturated rings. The number of nitrogens with zero attached hydrogens (tertiary/aromatic N) is 2. The highest BCUT2D eigenvalue weighted by Crippen LogP contribution is 2.19. The maximum Gasteiger partial charge on any atom is 0.256 e. The maximum atomic E-state index is 13.8. The molecule has 1 aliphatic heterocycles. The number of carbonyl (C=O) groups excluding carboxylic acids is 1. The molecule has 1 unspecified atom stereocenters. The van der Waals surface area contributed by atoms with Gasteiger partial charge < -0.3 is 10.6 Å². The number of hydrogen-bond acceptors (Lipinski definition) is 3. The van der Waals surface area contributed by atoms with Crippen LogP contribution in [0.15, 0.2) is 18.2 Å². The minimum absolute atomic E-state index is 0.0859. The molecule has 1 aromatic rings. The minimum Gasteiger partial charge on any atom is -0.399 e. The fourth-order valence-corrected chi connectivity index (χ4v) is 2.83. The topological polar surface area (TPSA) is 49.6 Å². The van der Waals surface area contributed by atoms with E-state index in [1.807, 2.05) is 0 Å². The van der Waals surface area contributed by atoms with Crippen LogP contribution in [-0.4, -0.2) is 48.4 Å². The van der Waals surface area contributed by atoms with Gasteiger partial charge in [0.15, 0.2) is 0 Å². The third-order valence-electron chi connectivity index (χ3n) is 3.96. The monoisotopic (exact) mass is 279 g/mol. The summed E-state index contributed by atoms with van der Waals surface area (Å²) in [6, 6.07) is 4.58. The van der Waals surface area contributed by atoms with Gasteiger partial charge in [-0.3, -0.25) is 9.69 Å². The number of amides is 1. The van der Waals surface area contributed by atoms with Gasteiger partial charge in [0.1, 0.15) is 5.82 Å². The van der Waals surface area contributed by atoms with Gasteiger partial charge in [-0.15, -0.1) is 0 Å². The first-order valence-electron chi connectivity index (χ1n) is 7.07. The Morgan fingerprint density at radius 3 is 2.95 bits per heavy atom. The smallest absolute Gasteiger partial charge is 0.256 e. The summed E-state index contributed by atoms with van der Waals surface area (Å²) >= 11 is 0. The molecule has 4 nitrogen and oxygen atoms in total. The first-order valence-corrected chi connectivity index (χ1v) is 7.07. The number of benzene rings is 1. The Balaban J connectivity index is 2.05. The minimum atomic E-state index is -0.555. The standard InChI is InChI=1S/C15H22FN3O/c1-3-19-8-4-5-12(19)10-18(2)15(20)13-7-6-11(17)9-14(13)16/h6-7,9,12H,3-5,8,10,17H2,1-2H3. The van der Waals surface area contributed by atoms with Crippen LogP contribution < -0.4 is 5.73 Å². The van der Waals surface area contributed by atoms with Gasteiger partial charge in [0, 0.05) is 25.3 Å². The molecule has 0 radical (unpaired) electrons. The number of nitrogens with two attached hydrogens (primary N) is 1. The van der Waals surface area contributed by atoms with E-state index >= 15 is 0 Å². The number of carbonyl (C=O) groups is 1. The summed E-state index contributed by atoms with van der Waals surface area (Å²) < 4.78 is 13.8. The lowest BCUT2D eigenvalue weighted by molar-refractivity contribution is 0.0750. The van der Waals surface area contributed by atoms with Crippen LogP contribution in [0.1, 0.15) is 30.1 Å². The molecular weight excluding hydrogens is 257 g/mol. The molecule has 1 atom stereocenters. The molecule has 1 heterocycles. The molecular formula is C15H22FN3O. The lowest BCUT2D eigenvalue weighted by atomic mass is 10.1. The van der Waals surface area contributed by atoms with Crippen LogP contribution in [0.2, 0.25) is 0 Å². The SMILES string of the molecule is CCN1CCCC1CN(C)C(=O)c1ccc(N)cc1F. The molecule has 0 bridgehead atoms. The van der Waals surface area contributed by atoms with Crippen molar-refractivity contribution in [2.45, 2.75) is 25.8 Å². The van der Waals surface area contributed by atoms with E-state index in [9.17, 15) is 9.18 Å². The first-order chi connectivity index (χ1) is 9.52. The molecule has 110 valence electrons. The van der Waals surface area contributed by atoms with Crippen molar-refractivity contribution >= 4 is 11.6 Å². The Morgan fingerprint density at radius 2 is 2.30 bits per heavy atom. The lowest BCUT2D eigenvalue weighted by Crippen LogP contribution is -2.41. The molecule has 0 saturated carbocycles. The summed E-state index contributed by atoms with van der Waals surface area (Å²) in [6.45, 7) is 4.83. The Hall–Kier alpha value is -1.62. The first kappa shape index (κ1) is 14.8. The largest absolute Gasteiger partial charge is 0.399 e. The molecule has 2 N–H and O–H groups in total. The molecule has 5 heteroatoms. The Bertz CT molecular complexity index is 492. The van der Waals surface area contributed by atoms with Gasteiger partial charge in [-0.2, -0.15) is 0 Å². The van der Waals surface area contributed by atoms with E-state index in [0.29, 0.717) is 18.3 Å². The zero-order valence-corrected chi connectivity index (χ0v) is 12.1. The van der Waals surface area contributed by atoms with Crippen molar-refractivity contribution in [3.05, 3.63) is 29.6 Å². The van der Waals surface area contributed by atoms with E-state index in [2.05, 4.69) is 11.8 Å². The Labute approximate surface area is 119 Å². The van der Waals surface area contributed by atoms with Gasteiger partial charge in [0.05, 0.1) is 5.56 Å². The van der Waals surface area contributed by atoms with Gasteiger partial charge in [-0.1, -0.05) is 6.92 Å². The highest BCUT2D eigenvalue weighted by molar-refractivity contribution is 5.94. The Morgan fingerprint density at radius 1 is 1.55 bits per heavy atom. The van der Waals surface area contributed by atoms with Gasteiger partial charge in [0.25, 0.3) is 5.91 Å². The average molecular weight is 279 g/mol. The number of likely N-dealkylation sites (N-methyl/N-ethyl adjacent to an activating group) is 2. The van der Waals surface area contributed by atoms with Crippen LogP contribution in [0.4, 0.5) is 10.1 Å². The number of nitrogen functional groups attached to an aromatic ring is 1. The van der Waals surface area contributed by atoms with Crippen molar-refractivity contribution in [3.63, 3.8) is 0 Å². The molecule has 0 aromatic heterocycles. The van der Waals surface area contributed by atoms with E-state index < -0.39 is 5.82 Å². The van der Waals surface area contributed by atoms with Crippen molar-refractivity contribution in [2.24, 2.45) is 0 Å². The zero-order chi connectivity index (χ0) is 14.7. The van der Waals surface area contributed by atoms with E-state index in [1.54, 1.807) is 18.0 Å².